The number of hydrogen-bond acceptors (Lipinski definition) is 3. The van der Waals surface area contributed by atoms with Crippen LogP contribution >= 0.6 is 0 Å². The summed E-state index contributed by atoms with van der Waals surface area (Å²) in [5, 5.41) is 2.78. The minimum absolute atomic E-state index is 0.0228. The first-order chi connectivity index (χ1) is 8.74. The molecule has 0 bridgehead atoms. The molecular weight excluding hydrogens is 226 g/mol. The van der Waals surface area contributed by atoms with Crippen molar-refractivity contribution >= 4 is 17.4 Å². The highest BCUT2D eigenvalue weighted by Gasteiger charge is 2.03. The fourth-order valence-corrected chi connectivity index (χ4v) is 1.61. The summed E-state index contributed by atoms with van der Waals surface area (Å²) in [4.78, 5) is 15.6. The number of nitrogen functional groups attached to an aromatic ring is 1. The Labute approximate surface area is 106 Å². The molecule has 0 saturated carbocycles. The van der Waals surface area contributed by atoms with Crippen molar-refractivity contribution in [1.82, 2.24) is 4.98 Å². The smallest absolute Gasteiger partial charge is 0.224 e. The maximum atomic E-state index is 11.7. The van der Waals surface area contributed by atoms with Crippen molar-refractivity contribution in [3.05, 3.63) is 54.2 Å². The number of aromatic nitrogens is 1. The summed E-state index contributed by atoms with van der Waals surface area (Å²) < 4.78 is 0. The monoisotopic (exact) mass is 241 g/mol. The molecule has 4 heteroatoms. The molecule has 0 saturated heterocycles. The molecule has 4 nitrogen and oxygen atoms in total. The number of nitrogens with two attached hydrogens (primary N) is 1. The third-order valence-corrected chi connectivity index (χ3v) is 2.55. The maximum Gasteiger partial charge on any atom is 0.224 e. The molecule has 0 aliphatic carbocycles. The maximum absolute atomic E-state index is 11.7. The van der Waals surface area contributed by atoms with Crippen LogP contribution in [0.2, 0.25) is 0 Å². The van der Waals surface area contributed by atoms with Gasteiger partial charge in [-0.1, -0.05) is 30.3 Å². The number of nitrogens with zero attached hydrogens (tertiary/aromatic N) is 1. The van der Waals surface area contributed by atoms with E-state index in [2.05, 4.69) is 10.3 Å². The Morgan fingerprint density at radius 1 is 1.17 bits per heavy atom. The number of anilines is 2. The van der Waals surface area contributed by atoms with Crippen LogP contribution in [-0.4, -0.2) is 10.9 Å². The molecule has 0 radical (unpaired) electrons. The molecule has 1 aromatic carbocycles. The highest BCUT2D eigenvalue weighted by atomic mass is 16.1. The number of carbonyl (C=O) groups excluding carboxylic acids is 1. The normalized spacial score (nSPS) is 10.0. The van der Waals surface area contributed by atoms with Crippen LogP contribution in [0.15, 0.2) is 48.7 Å². The van der Waals surface area contributed by atoms with Gasteiger partial charge in [-0.05, 0) is 24.1 Å². The molecule has 1 heterocycles. The molecule has 18 heavy (non-hydrogen) atoms. The Kier molecular flexibility index (Phi) is 3.91. The molecule has 92 valence electrons. The van der Waals surface area contributed by atoms with Crippen molar-refractivity contribution in [3.8, 4) is 0 Å². The summed E-state index contributed by atoms with van der Waals surface area (Å²) in [5.74, 6) is 0.419. The first kappa shape index (κ1) is 12.1. The molecule has 0 spiro atoms. The SMILES string of the molecule is Nc1ccc(NC(=O)CCc2ccccc2)cn1. The van der Waals surface area contributed by atoms with Crippen LogP contribution < -0.4 is 11.1 Å². The largest absolute Gasteiger partial charge is 0.384 e. The predicted octanol–water partition coefficient (Wildman–Crippen LogP) is 2.24. The lowest BCUT2D eigenvalue weighted by Gasteiger charge is -2.05. The van der Waals surface area contributed by atoms with Crippen molar-refractivity contribution < 1.29 is 4.79 Å². The van der Waals surface area contributed by atoms with E-state index in [0.29, 0.717) is 17.9 Å². The van der Waals surface area contributed by atoms with Crippen LogP contribution in [0.25, 0.3) is 0 Å². The zero-order valence-corrected chi connectivity index (χ0v) is 9.97. The van der Waals surface area contributed by atoms with Gasteiger partial charge < -0.3 is 11.1 Å². The highest BCUT2D eigenvalue weighted by Crippen LogP contribution is 2.08. The Bertz CT molecular complexity index is 508. The average Bonchev–Trinajstić information content (AvgIpc) is 2.40. The number of hydrogen-bond donors (Lipinski definition) is 2. The summed E-state index contributed by atoms with van der Waals surface area (Å²) in [6.07, 6.45) is 2.74. The van der Waals surface area contributed by atoms with Crippen molar-refractivity contribution in [2.24, 2.45) is 0 Å². The Hall–Kier alpha value is -2.36. The molecule has 0 aliphatic heterocycles. The molecule has 1 aromatic heterocycles. The number of aryl methyl sites for hydroxylation is 1. The van der Waals surface area contributed by atoms with Gasteiger partial charge in [-0.15, -0.1) is 0 Å². The number of rotatable bonds is 4. The van der Waals surface area contributed by atoms with Crippen LogP contribution in [0.5, 0.6) is 0 Å². The Morgan fingerprint density at radius 2 is 1.94 bits per heavy atom. The van der Waals surface area contributed by atoms with Gasteiger partial charge in [0, 0.05) is 6.42 Å². The summed E-state index contributed by atoms with van der Waals surface area (Å²) in [7, 11) is 0. The van der Waals surface area contributed by atoms with E-state index in [1.807, 2.05) is 30.3 Å². The van der Waals surface area contributed by atoms with E-state index in [-0.39, 0.29) is 5.91 Å². The first-order valence-corrected chi connectivity index (χ1v) is 5.79. The third-order valence-electron chi connectivity index (χ3n) is 2.55. The van der Waals surface area contributed by atoms with Crippen LogP contribution in [0.3, 0.4) is 0 Å². The number of benzene rings is 1. The highest BCUT2D eigenvalue weighted by molar-refractivity contribution is 5.90. The van der Waals surface area contributed by atoms with E-state index in [1.54, 1.807) is 18.3 Å². The second-order valence-corrected chi connectivity index (χ2v) is 4.01. The minimum Gasteiger partial charge on any atom is -0.384 e. The molecule has 0 unspecified atom stereocenters. The number of carbonyl (C=O) groups is 1. The Balaban J connectivity index is 1.84. The standard InChI is InChI=1S/C14H15N3O/c15-13-8-7-12(10-16-13)17-14(18)9-6-11-4-2-1-3-5-11/h1-5,7-8,10H,6,9H2,(H2,15,16)(H,17,18). The van der Waals surface area contributed by atoms with Gasteiger partial charge in [0.15, 0.2) is 0 Å². The summed E-state index contributed by atoms with van der Waals surface area (Å²) in [6, 6.07) is 13.3. The molecule has 0 fully saturated rings. The van der Waals surface area contributed by atoms with Gasteiger partial charge in [0.2, 0.25) is 5.91 Å². The topological polar surface area (TPSA) is 68.0 Å². The Morgan fingerprint density at radius 3 is 2.61 bits per heavy atom. The van der Waals surface area contributed by atoms with Crippen LogP contribution in [-0.2, 0) is 11.2 Å². The summed E-state index contributed by atoms with van der Waals surface area (Å²) in [6.45, 7) is 0. The van der Waals surface area contributed by atoms with Crippen LogP contribution in [0.1, 0.15) is 12.0 Å². The average molecular weight is 241 g/mol. The van der Waals surface area contributed by atoms with Gasteiger partial charge in [0.05, 0.1) is 11.9 Å². The predicted molar refractivity (Wildman–Crippen MR) is 72.0 cm³/mol. The summed E-state index contributed by atoms with van der Waals surface area (Å²) >= 11 is 0. The quantitative estimate of drug-likeness (QED) is 0.862. The van der Waals surface area contributed by atoms with Gasteiger partial charge in [0.1, 0.15) is 5.82 Å². The molecular formula is C14H15N3O. The van der Waals surface area contributed by atoms with Crippen molar-refractivity contribution in [2.45, 2.75) is 12.8 Å². The van der Waals surface area contributed by atoms with Crippen LogP contribution in [0.4, 0.5) is 11.5 Å². The second kappa shape index (κ2) is 5.82. The lowest BCUT2D eigenvalue weighted by molar-refractivity contribution is -0.116. The lowest BCUT2D eigenvalue weighted by atomic mass is 10.1. The van der Waals surface area contributed by atoms with E-state index in [4.69, 9.17) is 5.73 Å². The number of nitrogens with one attached hydrogen (secondary N) is 1. The van der Waals surface area contributed by atoms with E-state index >= 15 is 0 Å². The summed E-state index contributed by atoms with van der Waals surface area (Å²) in [5.41, 5.74) is 7.29. The molecule has 3 N–H and O–H groups in total. The molecule has 2 rings (SSSR count). The fraction of sp³-hybridized carbons (Fsp3) is 0.143. The van der Waals surface area contributed by atoms with Gasteiger partial charge in [0.25, 0.3) is 0 Å². The fourth-order valence-electron chi connectivity index (χ4n) is 1.61. The van der Waals surface area contributed by atoms with Gasteiger partial charge in [-0.3, -0.25) is 4.79 Å². The van der Waals surface area contributed by atoms with Gasteiger partial charge in [-0.25, -0.2) is 4.98 Å². The van der Waals surface area contributed by atoms with Crippen molar-refractivity contribution in [2.75, 3.05) is 11.1 Å². The van der Waals surface area contributed by atoms with E-state index in [1.165, 1.54) is 0 Å². The van der Waals surface area contributed by atoms with E-state index in [0.717, 1.165) is 12.0 Å². The molecule has 0 aliphatic rings. The zero-order chi connectivity index (χ0) is 12.8. The van der Waals surface area contributed by atoms with E-state index < -0.39 is 0 Å². The van der Waals surface area contributed by atoms with Crippen molar-refractivity contribution in [1.29, 1.82) is 0 Å². The van der Waals surface area contributed by atoms with Gasteiger partial charge in [-0.2, -0.15) is 0 Å². The number of pyridine rings is 1. The molecule has 0 atom stereocenters. The second-order valence-electron chi connectivity index (χ2n) is 4.01. The number of amides is 1. The first-order valence-electron chi connectivity index (χ1n) is 5.79. The lowest BCUT2D eigenvalue weighted by Crippen LogP contribution is -2.12. The minimum atomic E-state index is -0.0228. The molecule has 1 amide bonds. The third kappa shape index (κ3) is 3.59. The van der Waals surface area contributed by atoms with E-state index in [9.17, 15) is 4.79 Å². The zero-order valence-electron chi connectivity index (χ0n) is 9.97. The molecule has 2 aromatic rings. The van der Waals surface area contributed by atoms with Crippen molar-refractivity contribution in [3.63, 3.8) is 0 Å². The van der Waals surface area contributed by atoms with Crippen LogP contribution in [0, 0.1) is 0 Å². The van der Waals surface area contributed by atoms with Gasteiger partial charge >= 0.3 is 0 Å².